The number of benzene rings is 2. The molecule has 156 valence electrons. The Balaban J connectivity index is 1.88. The fraction of sp³-hybridized carbons (Fsp3) is 0.125. The predicted octanol–water partition coefficient (Wildman–Crippen LogP) is 4.39. The van der Waals surface area contributed by atoms with Gasteiger partial charge in [-0.05, 0) is 67.6 Å². The molecule has 0 atom stereocenters. The molecule has 7 heteroatoms. The Labute approximate surface area is 179 Å². The molecular formula is C24H22N4O3. The number of H-pyrrole nitrogens is 1. The summed E-state index contributed by atoms with van der Waals surface area (Å²) in [6, 6.07) is 20.3. The molecule has 4 rings (SSSR count). The second-order valence-corrected chi connectivity index (χ2v) is 6.81. The summed E-state index contributed by atoms with van der Waals surface area (Å²) < 4.78 is 12.0. The molecule has 0 saturated heterocycles. The van der Waals surface area contributed by atoms with E-state index in [1.807, 2.05) is 67.6 Å². The van der Waals surface area contributed by atoms with Gasteiger partial charge in [-0.15, -0.1) is 0 Å². The van der Waals surface area contributed by atoms with Crippen molar-refractivity contribution < 1.29 is 9.47 Å². The molecule has 0 aliphatic heterocycles. The van der Waals surface area contributed by atoms with Gasteiger partial charge >= 0.3 is 0 Å². The normalized spacial score (nSPS) is 11.4. The third-order valence-electron chi connectivity index (χ3n) is 4.89. The van der Waals surface area contributed by atoms with Crippen molar-refractivity contribution in [2.45, 2.75) is 6.92 Å². The van der Waals surface area contributed by atoms with Crippen LogP contribution in [-0.4, -0.2) is 34.7 Å². The minimum absolute atomic E-state index is 0.201. The number of aromatic amines is 1. The fourth-order valence-corrected chi connectivity index (χ4v) is 3.30. The number of hydrogen-bond acceptors (Lipinski definition) is 5. The molecule has 0 spiro atoms. The Morgan fingerprint density at radius 3 is 2.16 bits per heavy atom. The van der Waals surface area contributed by atoms with Gasteiger partial charge in [-0.2, -0.15) is 0 Å². The van der Waals surface area contributed by atoms with E-state index in [1.165, 1.54) is 4.68 Å². The lowest BCUT2D eigenvalue weighted by Crippen LogP contribution is -2.19. The van der Waals surface area contributed by atoms with Crippen molar-refractivity contribution in [1.82, 2.24) is 14.8 Å². The third kappa shape index (κ3) is 4.11. The lowest BCUT2D eigenvalue weighted by atomic mass is 10.1. The van der Waals surface area contributed by atoms with Crippen LogP contribution in [0.5, 0.6) is 11.5 Å². The summed E-state index contributed by atoms with van der Waals surface area (Å²) in [6.45, 7) is 1.81. The van der Waals surface area contributed by atoms with E-state index >= 15 is 0 Å². The highest BCUT2D eigenvalue weighted by Crippen LogP contribution is 2.25. The highest BCUT2D eigenvalue weighted by Gasteiger charge is 2.19. The number of hydrogen-bond donors (Lipinski definition) is 1. The second-order valence-electron chi connectivity index (χ2n) is 6.81. The van der Waals surface area contributed by atoms with Crippen LogP contribution in [0.1, 0.15) is 12.5 Å². The average Bonchev–Trinajstić information content (AvgIpc) is 3.17. The molecule has 0 aliphatic carbocycles. The van der Waals surface area contributed by atoms with Gasteiger partial charge in [0.1, 0.15) is 11.5 Å². The number of ether oxygens (including phenoxy) is 2. The molecule has 0 fully saturated rings. The van der Waals surface area contributed by atoms with Gasteiger partial charge in [-0.1, -0.05) is 6.07 Å². The maximum atomic E-state index is 13.4. The van der Waals surface area contributed by atoms with Gasteiger partial charge < -0.3 is 9.47 Å². The van der Waals surface area contributed by atoms with Gasteiger partial charge in [0.2, 0.25) is 0 Å². The lowest BCUT2D eigenvalue weighted by molar-refractivity contribution is 0.414. The summed E-state index contributed by atoms with van der Waals surface area (Å²) in [7, 11) is 3.22. The van der Waals surface area contributed by atoms with E-state index in [9.17, 15) is 4.79 Å². The highest BCUT2D eigenvalue weighted by molar-refractivity contribution is 6.04. The first kappa shape index (κ1) is 20.2. The molecule has 0 radical (unpaired) electrons. The number of nitrogens with one attached hydrogen (secondary N) is 1. The topological polar surface area (TPSA) is 81.5 Å². The number of methoxy groups -OCH3 is 2. The SMILES string of the molecule is COc1ccc(-c2[nH]n(-c3ccc(OC)cc3)c(=O)c2C(C)=Nc2ccccn2)cc1. The van der Waals surface area contributed by atoms with Crippen LogP contribution < -0.4 is 15.0 Å². The fourth-order valence-electron chi connectivity index (χ4n) is 3.30. The summed E-state index contributed by atoms with van der Waals surface area (Å²) >= 11 is 0. The standard InChI is InChI=1S/C24H22N4O3/c1-16(26-21-6-4-5-15-25-21)22-23(17-7-11-19(30-2)12-8-17)27-28(24(22)29)18-9-13-20(31-3)14-10-18/h4-15,27H,1-3H3. The quantitative estimate of drug-likeness (QED) is 0.475. The van der Waals surface area contributed by atoms with E-state index in [1.54, 1.807) is 26.5 Å². The molecule has 0 amide bonds. The van der Waals surface area contributed by atoms with Gasteiger partial charge in [-0.25, -0.2) is 14.7 Å². The zero-order chi connectivity index (χ0) is 21.8. The number of aromatic nitrogens is 3. The van der Waals surface area contributed by atoms with E-state index in [0.717, 1.165) is 11.3 Å². The van der Waals surface area contributed by atoms with Gasteiger partial charge in [0.05, 0.1) is 36.9 Å². The summed E-state index contributed by atoms with van der Waals surface area (Å²) in [4.78, 5) is 22.3. The van der Waals surface area contributed by atoms with Crippen molar-refractivity contribution in [2.24, 2.45) is 4.99 Å². The highest BCUT2D eigenvalue weighted by atomic mass is 16.5. The van der Waals surface area contributed by atoms with Gasteiger partial charge in [0, 0.05) is 11.8 Å². The first-order chi connectivity index (χ1) is 15.1. The number of nitrogens with zero attached hydrogens (tertiary/aromatic N) is 3. The molecule has 4 aromatic rings. The molecule has 0 unspecified atom stereocenters. The zero-order valence-electron chi connectivity index (χ0n) is 17.5. The summed E-state index contributed by atoms with van der Waals surface area (Å²) in [6.07, 6.45) is 1.67. The summed E-state index contributed by atoms with van der Waals surface area (Å²) in [5.41, 5.74) is 3.05. The number of rotatable bonds is 6. The minimum Gasteiger partial charge on any atom is -0.497 e. The maximum absolute atomic E-state index is 13.4. The molecule has 1 N–H and O–H groups in total. The van der Waals surface area contributed by atoms with E-state index in [-0.39, 0.29) is 5.56 Å². The van der Waals surface area contributed by atoms with E-state index in [0.29, 0.717) is 34.2 Å². The van der Waals surface area contributed by atoms with Gasteiger partial charge in [0.15, 0.2) is 5.82 Å². The van der Waals surface area contributed by atoms with E-state index < -0.39 is 0 Å². The predicted molar refractivity (Wildman–Crippen MR) is 121 cm³/mol. The largest absolute Gasteiger partial charge is 0.497 e. The van der Waals surface area contributed by atoms with E-state index in [4.69, 9.17) is 9.47 Å². The van der Waals surface area contributed by atoms with Crippen LogP contribution in [-0.2, 0) is 0 Å². The Hall–Kier alpha value is -4.13. The maximum Gasteiger partial charge on any atom is 0.280 e. The Morgan fingerprint density at radius 2 is 1.58 bits per heavy atom. The van der Waals surface area contributed by atoms with Crippen molar-refractivity contribution in [3.63, 3.8) is 0 Å². The van der Waals surface area contributed by atoms with Crippen LogP contribution in [0.4, 0.5) is 5.82 Å². The van der Waals surface area contributed by atoms with Gasteiger partial charge in [0.25, 0.3) is 5.56 Å². The van der Waals surface area contributed by atoms with Crippen molar-refractivity contribution in [1.29, 1.82) is 0 Å². The molecule has 2 aromatic heterocycles. The summed E-state index contributed by atoms with van der Waals surface area (Å²) in [5.74, 6) is 1.99. The van der Waals surface area contributed by atoms with Gasteiger partial charge in [-0.3, -0.25) is 9.89 Å². The lowest BCUT2D eigenvalue weighted by Gasteiger charge is -2.05. The molecule has 2 heterocycles. The molecule has 0 aliphatic rings. The van der Waals surface area contributed by atoms with Crippen LogP contribution >= 0.6 is 0 Å². The number of aliphatic imine (C=N–C) groups is 1. The first-order valence-corrected chi connectivity index (χ1v) is 9.71. The van der Waals surface area contributed by atoms with Crippen LogP contribution in [0.25, 0.3) is 16.9 Å². The van der Waals surface area contributed by atoms with Crippen LogP contribution in [0, 0.1) is 0 Å². The molecule has 0 saturated carbocycles. The van der Waals surface area contributed by atoms with Crippen molar-refractivity contribution >= 4 is 11.5 Å². The van der Waals surface area contributed by atoms with Crippen molar-refractivity contribution in [3.8, 4) is 28.4 Å². The molecule has 0 bridgehead atoms. The van der Waals surface area contributed by atoms with Crippen molar-refractivity contribution in [2.75, 3.05) is 14.2 Å². The first-order valence-electron chi connectivity index (χ1n) is 9.71. The summed E-state index contributed by atoms with van der Waals surface area (Å²) in [5, 5.41) is 3.25. The Bertz CT molecular complexity index is 1260. The smallest absolute Gasteiger partial charge is 0.280 e. The third-order valence-corrected chi connectivity index (χ3v) is 4.89. The van der Waals surface area contributed by atoms with Crippen molar-refractivity contribution in [3.05, 3.63) is 88.8 Å². The monoisotopic (exact) mass is 414 g/mol. The Kier molecular flexibility index (Phi) is 5.66. The zero-order valence-corrected chi connectivity index (χ0v) is 17.5. The van der Waals surface area contributed by atoms with Crippen LogP contribution in [0.15, 0.2) is 82.7 Å². The minimum atomic E-state index is -0.201. The van der Waals surface area contributed by atoms with Crippen LogP contribution in [0.3, 0.4) is 0 Å². The number of pyridine rings is 1. The molecule has 7 nitrogen and oxygen atoms in total. The average molecular weight is 414 g/mol. The Morgan fingerprint density at radius 1 is 0.935 bits per heavy atom. The second kappa shape index (κ2) is 8.71. The molecule has 31 heavy (non-hydrogen) atoms. The molecular weight excluding hydrogens is 392 g/mol. The van der Waals surface area contributed by atoms with E-state index in [2.05, 4.69) is 15.1 Å². The molecule has 2 aromatic carbocycles. The van der Waals surface area contributed by atoms with Crippen LogP contribution in [0.2, 0.25) is 0 Å².